The van der Waals surface area contributed by atoms with Gasteiger partial charge in [-0.25, -0.2) is 9.59 Å². The normalized spacial score (nSPS) is 14.0. The number of carbonyl (C=O) groups is 4. The molecule has 0 heterocycles. The van der Waals surface area contributed by atoms with Crippen LogP contribution >= 0.6 is 23.2 Å². The van der Waals surface area contributed by atoms with E-state index >= 15 is 0 Å². The van der Waals surface area contributed by atoms with Crippen molar-refractivity contribution in [3.05, 3.63) is 105 Å². The van der Waals surface area contributed by atoms with Crippen molar-refractivity contribution >= 4 is 58.2 Å². The Morgan fingerprint density at radius 1 is 0.902 bits per heavy atom. The quantitative estimate of drug-likeness (QED) is 0.257. The van der Waals surface area contributed by atoms with Crippen molar-refractivity contribution < 1.29 is 28.7 Å². The van der Waals surface area contributed by atoms with Crippen LogP contribution in [0.5, 0.6) is 0 Å². The zero-order valence-electron chi connectivity index (χ0n) is 22.5. The first-order valence-corrected chi connectivity index (χ1v) is 13.6. The van der Waals surface area contributed by atoms with E-state index in [0.29, 0.717) is 24.1 Å². The molecule has 41 heavy (non-hydrogen) atoms. The number of fused-ring (bicyclic) bond motifs is 1. The zero-order chi connectivity index (χ0) is 29.5. The first-order chi connectivity index (χ1) is 19.7. The van der Waals surface area contributed by atoms with Gasteiger partial charge in [0.25, 0.3) is 5.91 Å². The van der Waals surface area contributed by atoms with Crippen LogP contribution in [0.2, 0.25) is 10.0 Å². The van der Waals surface area contributed by atoms with Crippen molar-refractivity contribution in [1.82, 2.24) is 5.32 Å². The highest BCUT2D eigenvalue weighted by Gasteiger charge is 2.24. The van der Waals surface area contributed by atoms with E-state index in [1.54, 1.807) is 54.6 Å². The number of carbonyl (C=O) groups excluding carboxylic acids is 4. The molecule has 212 valence electrons. The summed E-state index contributed by atoms with van der Waals surface area (Å²) < 4.78 is 9.83. The number of amides is 2. The summed E-state index contributed by atoms with van der Waals surface area (Å²) in [5, 5.41) is 5.96. The molecule has 0 spiro atoms. The highest BCUT2D eigenvalue weighted by Crippen LogP contribution is 2.33. The Morgan fingerprint density at radius 3 is 2.24 bits per heavy atom. The molecular weight excluding hydrogens is 567 g/mol. The average molecular weight is 595 g/mol. The molecule has 0 fully saturated rings. The lowest BCUT2D eigenvalue weighted by Crippen LogP contribution is -2.42. The molecule has 3 aromatic rings. The van der Waals surface area contributed by atoms with Gasteiger partial charge in [-0.2, -0.15) is 0 Å². The van der Waals surface area contributed by atoms with Crippen LogP contribution in [-0.2, 0) is 31.9 Å². The molecule has 0 aliphatic heterocycles. The standard InChI is InChI=1S/C31H28Cl2N2O6/c1-40-30(38)23-9-4-7-21-19(6-3-8-22(21)23)17-27(36)35-26(31(39)41-2)16-18-12-14-20(15-13-18)34-29(37)28-24(32)10-5-11-25(28)33/h4-5,7,9-15,17,26H,3,6,8,16H2,1-2H3,(H,34,37)(H,35,36)/t26-/m0/s1. The van der Waals surface area contributed by atoms with Gasteiger partial charge in [0.15, 0.2) is 0 Å². The van der Waals surface area contributed by atoms with Gasteiger partial charge in [0.05, 0.1) is 35.4 Å². The van der Waals surface area contributed by atoms with E-state index < -0.39 is 29.8 Å². The Hall–Kier alpha value is -4.14. The molecule has 8 nitrogen and oxygen atoms in total. The smallest absolute Gasteiger partial charge is 0.338 e. The summed E-state index contributed by atoms with van der Waals surface area (Å²) in [6, 6.07) is 16.0. The molecule has 0 radical (unpaired) electrons. The maximum atomic E-state index is 13.0. The molecule has 1 atom stereocenters. The Kier molecular flexibility index (Phi) is 9.81. The summed E-state index contributed by atoms with van der Waals surface area (Å²) in [7, 11) is 2.59. The van der Waals surface area contributed by atoms with E-state index in [9.17, 15) is 19.2 Å². The van der Waals surface area contributed by atoms with Crippen LogP contribution in [0.3, 0.4) is 0 Å². The number of allylic oxidation sites excluding steroid dienone is 1. The molecular formula is C31H28Cl2N2O6. The fourth-order valence-corrected chi connectivity index (χ4v) is 5.34. The molecule has 0 saturated carbocycles. The van der Waals surface area contributed by atoms with E-state index in [0.717, 1.165) is 28.7 Å². The molecule has 0 unspecified atom stereocenters. The first kappa shape index (κ1) is 29.8. The molecule has 0 bridgehead atoms. The molecule has 1 aliphatic rings. The maximum absolute atomic E-state index is 13.0. The molecule has 0 aromatic heterocycles. The minimum atomic E-state index is -0.948. The minimum absolute atomic E-state index is 0.162. The van der Waals surface area contributed by atoms with Crippen molar-refractivity contribution in [2.45, 2.75) is 31.7 Å². The number of anilines is 1. The molecule has 0 saturated heterocycles. The predicted octanol–water partition coefficient (Wildman–Crippen LogP) is 5.65. The van der Waals surface area contributed by atoms with Gasteiger partial charge in [0, 0.05) is 18.2 Å². The highest BCUT2D eigenvalue weighted by molar-refractivity contribution is 6.40. The van der Waals surface area contributed by atoms with Crippen LogP contribution in [0, 0.1) is 0 Å². The van der Waals surface area contributed by atoms with Crippen molar-refractivity contribution in [3.8, 4) is 0 Å². The van der Waals surface area contributed by atoms with Crippen LogP contribution in [-0.4, -0.2) is 44.0 Å². The third-order valence-electron chi connectivity index (χ3n) is 6.75. The largest absolute Gasteiger partial charge is 0.467 e. The number of methoxy groups -OCH3 is 2. The number of esters is 2. The van der Waals surface area contributed by atoms with Crippen LogP contribution in [0.1, 0.15) is 50.2 Å². The Morgan fingerprint density at radius 2 is 1.59 bits per heavy atom. The van der Waals surface area contributed by atoms with Gasteiger partial charge in [-0.3, -0.25) is 9.59 Å². The van der Waals surface area contributed by atoms with Gasteiger partial charge in [-0.05, 0) is 71.9 Å². The molecule has 1 aliphatic carbocycles. The van der Waals surface area contributed by atoms with Crippen LogP contribution < -0.4 is 10.6 Å². The minimum Gasteiger partial charge on any atom is -0.467 e. The molecule has 2 N–H and O–H groups in total. The lowest BCUT2D eigenvalue weighted by atomic mass is 9.84. The number of ether oxygens (including phenoxy) is 2. The van der Waals surface area contributed by atoms with E-state index in [-0.39, 0.29) is 22.0 Å². The maximum Gasteiger partial charge on any atom is 0.338 e. The SMILES string of the molecule is COC(=O)c1cccc2c1CCCC2=CC(=O)N[C@@H](Cc1ccc(NC(=O)c2c(Cl)cccc2Cl)cc1)C(=O)OC. The summed E-state index contributed by atoms with van der Waals surface area (Å²) in [6.07, 6.45) is 3.75. The first-order valence-electron chi connectivity index (χ1n) is 12.9. The summed E-state index contributed by atoms with van der Waals surface area (Å²) in [6.45, 7) is 0. The van der Waals surface area contributed by atoms with Crippen LogP contribution in [0.4, 0.5) is 5.69 Å². The van der Waals surface area contributed by atoms with E-state index in [2.05, 4.69) is 10.6 Å². The molecule has 10 heteroatoms. The Balaban J connectivity index is 1.46. The summed E-state index contributed by atoms with van der Waals surface area (Å²) in [5.74, 6) is -1.92. The number of halogens is 2. The van der Waals surface area contributed by atoms with Crippen molar-refractivity contribution in [2.75, 3.05) is 19.5 Å². The van der Waals surface area contributed by atoms with Gasteiger partial charge < -0.3 is 20.1 Å². The summed E-state index contributed by atoms with van der Waals surface area (Å²) in [5.41, 5.74) is 4.32. The third-order valence-corrected chi connectivity index (χ3v) is 7.38. The molecule has 3 aromatic carbocycles. The Bertz CT molecular complexity index is 1500. The van der Waals surface area contributed by atoms with Gasteiger partial charge >= 0.3 is 11.9 Å². The van der Waals surface area contributed by atoms with Crippen molar-refractivity contribution in [1.29, 1.82) is 0 Å². The van der Waals surface area contributed by atoms with Crippen molar-refractivity contribution in [3.63, 3.8) is 0 Å². The predicted molar refractivity (Wildman–Crippen MR) is 157 cm³/mol. The number of rotatable bonds is 8. The number of hydrogen-bond acceptors (Lipinski definition) is 6. The van der Waals surface area contributed by atoms with Gasteiger partial charge in [0.2, 0.25) is 5.91 Å². The van der Waals surface area contributed by atoms with E-state index in [1.165, 1.54) is 20.3 Å². The lowest BCUT2D eigenvalue weighted by Gasteiger charge is -2.22. The molecule has 2 amide bonds. The van der Waals surface area contributed by atoms with E-state index in [4.69, 9.17) is 32.7 Å². The number of hydrogen-bond donors (Lipinski definition) is 2. The van der Waals surface area contributed by atoms with Crippen LogP contribution in [0.25, 0.3) is 5.57 Å². The summed E-state index contributed by atoms with van der Waals surface area (Å²) >= 11 is 12.2. The van der Waals surface area contributed by atoms with Gasteiger partial charge in [0.1, 0.15) is 6.04 Å². The second-order valence-electron chi connectivity index (χ2n) is 9.38. The Labute approximate surface area is 247 Å². The number of nitrogens with one attached hydrogen (secondary N) is 2. The molecule has 4 rings (SSSR count). The topological polar surface area (TPSA) is 111 Å². The second kappa shape index (κ2) is 13.5. The zero-order valence-corrected chi connectivity index (χ0v) is 24.0. The van der Waals surface area contributed by atoms with Crippen molar-refractivity contribution in [2.24, 2.45) is 0 Å². The number of benzene rings is 3. The fourth-order valence-electron chi connectivity index (χ4n) is 4.77. The van der Waals surface area contributed by atoms with E-state index in [1.807, 2.05) is 6.07 Å². The average Bonchev–Trinajstić information content (AvgIpc) is 2.96. The van der Waals surface area contributed by atoms with Gasteiger partial charge in [-0.1, -0.05) is 53.5 Å². The fraction of sp³-hybridized carbons (Fsp3) is 0.226. The van der Waals surface area contributed by atoms with Gasteiger partial charge in [-0.15, -0.1) is 0 Å². The van der Waals surface area contributed by atoms with Crippen LogP contribution in [0.15, 0.2) is 66.7 Å². The highest BCUT2D eigenvalue weighted by atomic mass is 35.5. The second-order valence-corrected chi connectivity index (χ2v) is 10.2. The summed E-state index contributed by atoms with van der Waals surface area (Å²) in [4.78, 5) is 50.4. The third kappa shape index (κ3) is 7.14. The monoisotopic (exact) mass is 594 g/mol. The lowest BCUT2D eigenvalue weighted by molar-refractivity contribution is -0.144.